The molecule has 1 saturated carbocycles. The molecule has 1 aromatic carbocycles. The van der Waals surface area contributed by atoms with Crippen LogP contribution in [0.4, 0.5) is 0 Å². The molecule has 3 nitrogen and oxygen atoms in total. The molecule has 1 saturated heterocycles. The summed E-state index contributed by atoms with van der Waals surface area (Å²) >= 11 is 0. The van der Waals surface area contributed by atoms with Gasteiger partial charge in [-0.1, -0.05) is 37.1 Å². The Balaban J connectivity index is 1.45. The van der Waals surface area contributed by atoms with Gasteiger partial charge in [0.1, 0.15) is 0 Å². The third-order valence-corrected chi connectivity index (χ3v) is 5.38. The van der Waals surface area contributed by atoms with E-state index in [0.29, 0.717) is 12.1 Å². The van der Waals surface area contributed by atoms with Crippen LogP contribution in [-0.4, -0.2) is 41.3 Å². The van der Waals surface area contributed by atoms with E-state index in [1.165, 1.54) is 24.0 Å². The van der Waals surface area contributed by atoms with Crippen molar-refractivity contribution in [2.75, 3.05) is 13.1 Å². The number of hydrogen-bond donors (Lipinski definition) is 1. The Hall–Kier alpha value is -0.900. The van der Waals surface area contributed by atoms with Crippen molar-refractivity contribution in [2.24, 2.45) is 0 Å². The summed E-state index contributed by atoms with van der Waals surface area (Å²) < 4.78 is 6.12. The Labute approximate surface area is 134 Å². The number of hydrogen-bond acceptors (Lipinski definition) is 3. The summed E-state index contributed by atoms with van der Waals surface area (Å²) in [6, 6.07) is 8.85. The zero-order chi connectivity index (χ0) is 15.4. The largest absolute Gasteiger partial charge is 0.391 e. The van der Waals surface area contributed by atoms with Crippen LogP contribution in [0.15, 0.2) is 24.3 Å². The molecule has 22 heavy (non-hydrogen) atoms. The van der Waals surface area contributed by atoms with Crippen molar-refractivity contribution in [3.63, 3.8) is 0 Å². The molecule has 2 fully saturated rings. The number of aliphatic hydroxyl groups excluding tert-OH is 1. The molecule has 122 valence electrons. The molecule has 1 aliphatic heterocycles. The topological polar surface area (TPSA) is 32.7 Å². The molecule has 1 aromatic rings. The van der Waals surface area contributed by atoms with Gasteiger partial charge in [0.25, 0.3) is 0 Å². The third kappa shape index (κ3) is 3.89. The summed E-state index contributed by atoms with van der Waals surface area (Å²) in [6.45, 7) is 5.01. The zero-order valence-corrected chi connectivity index (χ0v) is 13.7. The van der Waals surface area contributed by atoms with Gasteiger partial charge in [-0.15, -0.1) is 0 Å². The van der Waals surface area contributed by atoms with Crippen LogP contribution in [0.3, 0.4) is 0 Å². The van der Waals surface area contributed by atoms with E-state index in [1.54, 1.807) is 0 Å². The normalized spacial score (nSPS) is 27.9. The summed E-state index contributed by atoms with van der Waals surface area (Å²) in [6.07, 6.45) is 7.04. The van der Waals surface area contributed by atoms with Gasteiger partial charge >= 0.3 is 0 Å². The highest BCUT2D eigenvalue weighted by molar-refractivity contribution is 5.24. The smallest absolute Gasteiger partial charge is 0.0723 e. The van der Waals surface area contributed by atoms with Crippen LogP contribution in [0.1, 0.15) is 49.7 Å². The molecule has 1 aliphatic carbocycles. The Bertz CT molecular complexity index is 468. The van der Waals surface area contributed by atoms with Crippen molar-refractivity contribution >= 4 is 0 Å². The predicted octanol–water partition coefficient (Wildman–Crippen LogP) is 3.28. The monoisotopic (exact) mass is 303 g/mol. The first-order chi connectivity index (χ1) is 10.7. The predicted molar refractivity (Wildman–Crippen MR) is 88.8 cm³/mol. The van der Waals surface area contributed by atoms with Crippen LogP contribution < -0.4 is 0 Å². The van der Waals surface area contributed by atoms with E-state index >= 15 is 0 Å². The lowest BCUT2D eigenvalue weighted by molar-refractivity contribution is -0.0394. The maximum Gasteiger partial charge on any atom is 0.0723 e. The highest BCUT2D eigenvalue weighted by Crippen LogP contribution is 2.26. The minimum Gasteiger partial charge on any atom is -0.391 e. The molecule has 0 amide bonds. The van der Waals surface area contributed by atoms with Crippen molar-refractivity contribution in [3.8, 4) is 0 Å². The molecule has 3 heteroatoms. The molecule has 3 rings (SSSR count). The fraction of sp³-hybridized carbons (Fsp3) is 0.684. The van der Waals surface area contributed by atoms with Crippen molar-refractivity contribution < 1.29 is 9.84 Å². The number of likely N-dealkylation sites (tertiary alicyclic amines) is 1. The van der Waals surface area contributed by atoms with Gasteiger partial charge in [0, 0.05) is 19.1 Å². The number of nitrogens with zero attached hydrogens (tertiary/aromatic N) is 1. The van der Waals surface area contributed by atoms with Crippen LogP contribution in [0.5, 0.6) is 0 Å². The summed E-state index contributed by atoms with van der Waals surface area (Å²) in [4.78, 5) is 2.50. The van der Waals surface area contributed by atoms with Gasteiger partial charge in [-0.25, -0.2) is 0 Å². The fourth-order valence-corrected chi connectivity index (χ4v) is 3.87. The molecule has 2 atom stereocenters. The van der Waals surface area contributed by atoms with E-state index in [2.05, 4.69) is 36.1 Å². The standard InChI is InChI=1S/C19H29NO2/c1-15-6-2-3-7-16(15)14-22-17-10-12-20(13-11-17)18-8-4-5-9-19(18)21/h2-3,6-7,17-19,21H,4-5,8-14H2,1H3. The molecule has 2 aliphatic rings. The number of ether oxygens (including phenoxy) is 1. The second-order valence-corrected chi connectivity index (χ2v) is 6.89. The van der Waals surface area contributed by atoms with Crippen LogP contribution in [0, 0.1) is 6.92 Å². The second kappa shape index (κ2) is 7.58. The Kier molecular flexibility index (Phi) is 5.51. The minimum atomic E-state index is -0.113. The molecule has 0 aromatic heterocycles. The minimum absolute atomic E-state index is 0.113. The first-order valence-electron chi connectivity index (χ1n) is 8.82. The van der Waals surface area contributed by atoms with Gasteiger partial charge in [0.15, 0.2) is 0 Å². The molecule has 1 N–H and O–H groups in total. The van der Waals surface area contributed by atoms with Crippen molar-refractivity contribution in [3.05, 3.63) is 35.4 Å². The molecule has 0 spiro atoms. The maximum atomic E-state index is 10.2. The summed E-state index contributed by atoms with van der Waals surface area (Å²) in [7, 11) is 0. The average Bonchev–Trinajstić information content (AvgIpc) is 2.55. The van der Waals surface area contributed by atoms with Gasteiger partial charge < -0.3 is 9.84 Å². The van der Waals surface area contributed by atoms with Gasteiger partial charge in [0.05, 0.1) is 18.8 Å². The van der Waals surface area contributed by atoms with Gasteiger partial charge in [0.2, 0.25) is 0 Å². The first kappa shape index (κ1) is 16.0. The first-order valence-corrected chi connectivity index (χ1v) is 8.82. The average molecular weight is 303 g/mol. The second-order valence-electron chi connectivity index (χ2n) is 6.89. The lowest BCUT2D eigenvalue weighted by Gasteiger charge is -2.41. The quantitative estimate of drug-likeness (QED) is 0.926. The van der Waals surface area contributed by atoms with Crippen LogP contribution in [0.2, 0.25) is 0 Å². The van der Waals surface area contributed by atoms with Gasteiger partial charge in [-0.05, 0) is 43.7 Å². The molecule has 0 bridgehead atoms. The number of benzene rings is 1. The van der Waals surface area contributed by atoms with Crippen LogP contribution in [-0.2, 0) is 11.3 Å². The molecule has 0 radical (unpaired) electrons. The molecular weight excluding hydrogens is 274 g/mol. The molecular formula is C19H29NO2. The highest BCUT2D eigenvalue weighted by atomic mass is 16.5. The molecule has 2 unspecified atom stereocenters. The SMILES string of the molecule is Cc1ccccc1COC1CCN(C2CCCCC2O)CC1. The Morgan fingerprint density at radius 3 is 2.55 bits per heavy atom. The number of aliphatic hydroxyl groups is 1. The van der Waals surface area contributed by atoms with E-state index in [9.17, 15) is 5.11 Å². The highest BCUT2D eigenvalue weighted by Gasteiger charge is 2.31. The Morgan fingerprint density at radius 1 is 1.09 bits per heavy atom. The maximum absolute atomic E-state index is 10.2. The lowest BCUT2D eigenvalue weighted by Crippen LogP contribution is -2.49. The van der Waals surface area contributed by atoms with Gasteiger partial charge in [-0.2, -0.15) is 0 Å². The summed E-state index contributed by atoms with van der Waals surface area (Å²) in [5.74, 6) is 0. The van der Waals surface area contributed by atoms with Crippen molar-refractivity contribution in [1.29, 1.82) is 0 Å². The summed E-state index contributed by atoms with van der Waals surface area (Å²) in [5, 5.41) is 10.2. The number of aryl methyl sites for hydroxylation is 1. The van der Waals surface area contributed by atoms with E-state index in [0.717, 1.165) is 45.4 Å². The number of rotatable bonds is 4. The van der Waals surface area contributed by atoms with E-state index in [4.69, 9.17) is 4.74 Å². The zero-order valence-electron chi connectivity index (χ0n) is 13.7. The van der Waals surface area contributed by atoms with Crippen LogP contribution >= 0.6 is 0 Å². The third-order valence-electron chi connectivity index (χ3n) is 5.38. The van der Waals surface area contributed by atoms with Crippen LogP contribution in [0.25, 0.3) is 0 Å². The molecule has 1 heterocycles. The fourth-order valence-electron chi connectivity index (χ4n) is 3.87. The van der Waals surface area contributed by atoms with E-state index in [-0.39, 0.29) is 6.10 Å². The van der Waals surface area contributed by atoms with Crippen molar-refractivity contribution in [2.45, 2.75) is 70.3 Å². The summed E-state index contributed by atoms with van der Waals surface area (Å²) in [5.41, 5.74) is 2.61. The van der Waals surface area contributed by atoms with E-state index < -0.39 is 0 Å². The number of piperidine rings is 1. The van der Waals surface area contributed by atoms with Gasteiger partial charge in [-0.3, -0.25) is 4.90 Å². The Morgan fingerprint density at radius 2 is 1.82 bits per heavy atom. The van der Waals surface area contributed by atoms with E-state index in [1.807, 2.05) is 0 Å². The lowest BCUT2D eigenvalue weighted by atomic mass is 9.90. The van der Waals surface area contributed by atoms with Crippen molar-refractivity contribution in [1.82, 2.24) is 4.90 Å².